The number of Topliss-reactive ketones (excluding diaryl/α,β-unsaturated/α-hetero) is 1. The number of halogens is 2. The molecule has 0 saturated heterocycles. The number of aromatic nitrogens is 1. The molecule has 0 bridgehead atoms. The van der Waals surface area contributed by atoms with Gasteiger partial charge < -0.3 is 10.1 Å². The number of nitrogens with one attached hydrogen (secondary N) is 1. The molecular weight excluding hydrogens is 497 g/mol. The highest BCUT2D eigenvalue weighted by atomic mass is 35.5. The summed E-state index contributed by atoms with van der Waals surface area (Å²) in [4.78, 5) is 30.1. The van der Waals surface area contributed by atoms with Crippen LogP contribution >= 0.6 is 23.2 Å². The molecular formula is C24H19Cl2N3O4S. The van der Waals surface area contributed by atoms with Crippen molar-refractivity contribution >= 4 is 57.6 Å². The number of fused-ring (bicyclic) bond motifs is 1. The van der Waals surface area contributed by atoms with E-state index in [4.69, 9.17) is 27.9 Å². The minimum absolute atomic E-state index is 0.0785. The fraction of sp³-hybridized carbons (Fsp3) is 0.125. The van der Waals surface area contributed by atoms with Gasteiger partial charge in [-0.1, -0.05) is 29.3 Å². The van der Waals surface area contributed by atoms with E-state index in [1.54, 1.807) is 55.7 Å². The number of methoxy groups -OCH3 is 1. The van der Waals surface area contributed by atoms with Crippen LogP contribution in [0.3, 0.4) is 0 Å². The number of hydrogen-bond donors (Lipinski definition) is 1. The number of ketones is 1. The monoisotopic (exact) mass is 515 g/mol. The Balaban J connectivity index is 1.61. The number of pyridine rings is 1. The molecule has 1 aromatic heterocycles. The summed E-state index contributed by atoms with van der Waals surface area (Å²) in [6.07, 6.45) is 3.11. The van der Waals surface area contributed by atoms with Gasteiger partial charge in [-0.15, -0.1) is 0 Å². The van der Waals surface area contributed by atoms with Crippen LogP contribution in [0, 0.1) is 0 Å². The van der Waals surface area contributed by atoms with Crippen LogP contribution in [0.1, 0.15) is 31.8 Å². The first-order chi connectivity index (χ1) is 16.3. The second kappa shape index (κ2) is 9.97. The largest absolute Gasteiger partial charge is 0.481 e. The van der Waals surface area contributed by atoms with Gasteiger partial charge in [0.05, 0.1) is 22.8 Å². The number of allylic oxidation sites excluding steroid dienone is 1. The van der Waals surface area contributed by atoms with E-state index in [1.165, 1.54) is 23.6 Å². The molecule has 34 heavy (non-hydrogen) atoms. The van der Waals surface area contributed by atoms with Crippen LogP contribution < -0.4 is 14.4 Å². The van der Waals surface area contributed by atoms with E-state index in [0.29, 0.717) is 32.7 Å². The zero-order valence-corrected chi connectivity index (χ0v) is 20.5. The zero-order valence-electron chi connectivity index (χ0n) is 18.2. The maximum Gasteiger partial charge on any atom is 0.251 e. The van der Waals surface area contributed by atoms with Crippen molar-refractivity contribution in [1.82, 2.24) is 10.3 Å². The molecule has 0 spiro atoms. The van der Waals surface area contributed by atoms with Crippen LogP contribution in [0.5, 0.6) is 5.88 Å². The second-order valence-electron chi connectivity index (χ2n) is 7.38. The lowest BCUT2D eigenvalue weighted by Crippen LogP contribution is -2.32. The van der Waals surface area contributed by atoms with Gasteiger partial charge in [0.25, 0.3) is 5.91 Å². The molecule has 1 amide bonds. The maximum atomic E-state index is 13.3. The molecule has 0 saturated carbocycles. The third-order valence-corrected chi connectivity index (χ3v) is 7.32. The summed E-state index contributed by atoms with van der Waals surface area (Å²) in [5.41, 5.74) is 2.47. The molecule has 10 heteroatoms. The van der Waals surface area contributed by atoms with Gasteiger partial charge >= 0.3 is 0 Å². The van der Waals surface area contributed by atoms with Crippen molar-refractivity contribution in [1.29, 1.82) is 0 Å². The van der Waals surface area contributed by atoms with Gasteiger partial charge in [-0.25, -0.2) is 9.19 Å². The van der Waals surface area contributed by atoms with E-state index in [1.807, 2.05) is 0 Å². The van der Waals surface area contributed by atoms with Crippen molar-refractivity contribution in [2.45, 2.75) is 6.54 Å². The molecule has 3 aromatic rings. The molecule has 1 aliphatic heterocycles. The second-order valence-corrected chi connectivity index (χ2v) is 9.68. The maximum absolute atomic E-state index is 13.3. The van der Waals surface area contributed by atoms with Crippen molar-refractivity contribution in [2.24, 2.45) is 0 Å². The van der Waals surface area contributed by atoms with Crippen LogP contribution in [0.2, 0.25) is 10.0 Å². The van der Waals surface area contributed by atoms with Gasteiger partial charge in [0.15, 0.2) is 11.0 Å². The third-order valence-electron chi connectivity index (χ3n) is 5.21. The Labute approximate surface area is 208 Å². The molecule has 1 unspecified atom stereocenters. The Morgan fingerprint density at radius 2 is 1.94 bits per heavy atom. The first-order valence-electron chi connectivity index (χ1n) is 10.1. The van der Waals surface area contributed by atoms with Gasteiger partial charge in [0.2, 0.25) is 11.7 Å². The highest BCUT2D eigenvalue weighted by Crippen LogP contribution is 2.34. The number of anilines is 1. The molecule has 0 aliphatic carbocycles. The molecule has 4 rings (SSSR count). The number of benzene rings is 2. The molecule has 1 atom stereocenters. The van der Waals surface area contributed by atoms with Gasteiger partial charge in [0, 0.05) is 37.0 Å². The Morgan fingerprint density at radius 1 is 1.15 bits per heavy atom. The Kier molecular flexibility index (Phi) is 7.02. The molecule has 2 heterocycles. The lowest BCUT2D eigenvalue weighted by molar-refractivity contribution is 0.0951. The Hall–Kier alpha value is -3.20. The standard InChI is InChI=1S/C24H19Cl2N3O4S/c1-29-20-6-4-16(24(31)28-13-15-7-8-27-22(11-15)33-2)12-17(20)23(30)21(34(29)32)10-14-3-5-18(25)19(26)9-14/h3-12H,13H2,1-2H3,(H,28,31)/b21-10-. The molecule has 0 fully saturated rings. The van der Waals surface area contributed by atoms with E-state index in [-0.39, 0.29) is 22.9 Å². The fourth-order valence-electron chi connectivity index (χ4n) is 3.41. The number of amides is 1. The quantitative estimate of drug-likeness (QED) is 0.499. The molecule has 2 aromatic carbocycles. The number of ether oxygens (including phenoxy) is 1. The highest BCUT2D eigenvalue weighted by molar-refractivity contribution is 7.91. The highest BCUT2D eigenvalue weighted by Gasteiger charge is 2.32. The van der Waals surface area contributed by atoms with Gasteiger partial charge in [0.1, 0.15) is 4.91 Å². The number of nitrogens with zero attached hydrogens (tertiary/aromatic N) is 2. The van der Waals surface area contributed by atoms with Crippen LogP contribution in [0.15, 0.2) is 59.6 Å². The lowest BCUT2D eigenvalue weighted by atomic mass is 10.0. The first kappa shape index (κ1) is 23.9. The van der Waals surface area contributed by atoms with Gasteiger partial charge in [-0.05, 0) is 53.6 Å². The van der Waals surface area contributed by atoms with Crippen molar-refractivity contribution in [3.8, 4) is 5.88 Å². The molecule has 174 valence electrons. The van der Waals surface area contributed by atoms with Gasteiger partial charge in [-0.2, -0.15) is 0 Å². The summed E-state index contributed by atoms with van der Waals surface area (Å²) in [6, 6.07) is 13.1. The Bertz CT molecular complexity index is 1360. The Morgan fingerprint density at radius 3 is 2.68 bits per heavy atom. The van der Waals surface area contributed by atoms with Crippen molar-refractivity contribution in [3.63, 3.8) is 0 Å². The van der Waals surface area contributed by atoms with Crippen LogP contribution in [0.4, 0.5) is 5.69 Å². The SMILES string of the molecule is COc1cc(CNC(=O)c2ccc3c(c2)C(=O)/C(=C/c2ccc(Cl)c(Cl)c2)S(=O)N3C)ccn1. The summed E-state index contributed by atoms with van der Waals surface area (Å²) in [5, 5.41) is 3.52. The van der Waals surface area contributed by atoms with Crippen molar-refractivity contribution in [2.75, 3.05) is 18.5 Å². The van der Waals surface area contributed by atoms with Crippen molar-refractivity contribution < 1.29 is 18.5 Å². The third kappa shape index (κ3) is 4.84. The molecule has 1 N–H and O–H groups in total. The van der Waals surface area contributed by atoms with E-state index in [0.717, 1.165) is 5.56 Å². The average Bonchev–Trinajstić information content (AvgIpc) is 2.85. The molecule has 1 aliphatic rings. The number of carbonyl (C=O) groups is 2. The van der Waals surface area contributed by atoms with E-state index >= 15 is 0 Å². The smallest absolute Gasteiger partial charge is 0.251 e. The normalized spacial score (nSPS) is 16.4. The number of rotatable bonds is 5. The van der Waals surface area contributed by atoms with Gasteiger partial charge in [-0.3, -0.25) is 13.9 Å². The van der Waals surface area contributed by atoms with Crippen LogP contribution in [0.25, 0.3) is 6.08 Å². The topological polar surface area (TPSA) is 88.6 Å². The fourth-order valence-corrected chi connectivity index (χ4v) is 4.85. The molecule has 0 radical (unpaired) electrons. The molecule has 7 nitrogen and oxygen atoms in total. The summed E-state index contributed by atoms with van der Waals surface area (Å²) in [7, 11) is 1.42. The average molecular weight is 516 g/mol. The predicted octanol–water partition coefficient (Wildman–Crippen LogP) is 4.66. The zero-order chi connectivity index (χ0) is 24.4. The predicted molar refractivity (Wildman–Crippen MR) is 134 cm³/mol. The van der Waals surface area contributed by atoms with E-state index in [9.17, 15) is 13.8 Å². The summed E-state index contributed by atoms with van der Waals surface area (Å²) >= 11 is 12.0. The number of carbonyl (C=O) groups excluding carboxylic acids is 2. The van der Waals surface area contributed by atoms with E-state index < -0.39 is 16.8 Å². The first-order valence-corrected chi connectivity index (χ1v) is 11.9. The summed E-state index contributed by atoms with van der Waals surface area (Å²) in [5.74, 6) is -0.328. The van der Waals surface area contributed by atoms with Crippen molar-refractivity contribution in [3.05, 3.63) is 91.9 Å². The number of hydrogen-bond acceptors (Lipinski definition) is 5. The van der Waals surface area contributed by atoms with Crippen LogP contribution in [-0.4, -0.2) is 35.0 Å². The van der Waals surface area contributed by atoms with Crippen LogP contribution in [-0.2, 0) is 17.5 Å². The minimum atomic E-state index is -1.73. The minimum Gasteiger partial charge on any atom is -0.481 e. The van der Waals surface area contributed by atoms with E-state index in [2.05, 4.69) is 10.3 Å². The summed E-state index contributed by atoms with van der Waals surface area (Å²) in [6.45, 7) is 0.259. The lowest BCUT2D eigenvalue weighted by Gasteiger charge is -2.27. The summed E-state index contributed by atoms with van der Waals surface area (Å²) < 4.78 is 19.6.